The van der Waals surface area contributed by atoms with Crippen molar-refractivity contribution in [3.8, 4) is 0 Å². The van der Waals surface area contributed by atoms with E-state index in [1.807, 2.05) is 0 Å². The van der Waals surface area contributed by atoms with Gasteiger partial charge in [0.25, 0.3) is 0 Å². The van der Waals surface area contributed by atoms with Gasteiger partial charge in [-0.3, -0.25) is 14.6 Å². The van der Waals surface area contributed by atoms with E-state index in [1.165, 1.54) is 47.2 Å². The highest BCUT2D eigenvalue weighted by Gasteiger charge is 2.76. The van der Waals surface area contributed by atoms with Gasteiger partial charge in [-0.1, -0.05) is 62.4 Å². The number of benzene rings is 2. The van der Waals surface area contributed by atoms with Crippen LogP contribution in [0.3, 0.4) is 0 Å². The Morgan fingerprint density at radius 1 is 1.00 bits per heavy atom. The van der Waals surface area contributed by atoms with E-state index >= 15 is 4.79 Å². The SMILES string of the molecule is CCC12C=CCN3CCC4(c5ccccc5NC4C(C(=O)OC)(C4C[C@@]5(CC)CCCN6CCc7c(n4c4ccccc74)[C@H]65)C1)C32. The van der Waals surface area contributed by atoms with Crippen LogP contribution in [0.15, 0.2) is 60.7 Å². The molecule has 240 valence electrons. The van der Waals surface area contributed by atoms with E-state index in [0.29, 0.717) is 12.1 Å². The number of anilines is 1. The number of esters is 1. The molecular formula is C40H48N4O2. The van der Waals surface area contributed by atoms with Crippen LogP contribution in [0.25, 0.3) is 10.9 Å². The molecule has 1 aliphatic carbocycles. The number of fused-ring (bicyclic) bond motifs is 4. The predicted molar refractivity (Wildman–Crippen MR) is 182 cm³/mol. The van der Waals surface area contributed by atoms with Crippen molar-refractivity contribution in [3.63, 3.8) is 0 Å². The Hall–Kier alpha value is -3.09. The fourth-order valence-electron chi connectivity index (χ4n) is 13.3. The second-order valence-corrected chi connectivity index (χ2v) is 16.0. The first-order chi connectivity index (χ1) is 22.5. The molecule has 10 rings (SSSR count). The Kier molecular flexibility index (Phi) is 5.65. The van der Waals surface area contributed by atoms with Crippen LogP contribution in [-0.2, 0) is 21.4 Å². The third-order valence-electron chi connectivity index (χ3n) is 14.8. The Morgan fingerprint density at radius 3 is 2.70 bits per heavy atom. The van der Waals surface area contributed by atoms with Crippen LogP contribution < -0.4 is 5.32 Å². The van der Waals surface area contributed by atoms with Crippen molar-refractivity contribution < 1.29 is 9.53 Å². The van der Waals surface area contributed by atoms with Gasteiger partial charge in [-0.2, -0.15) is 0 Å². The Bertz CT molecular complexity index is 1810. The highest BCUT2D eigenvalue weighted by molar-refractivity contribution is 5.88. The second kappa shape index (κ2) is 9.29. The molecule has 3 aromatic rings. The normalized spacial score (nSPS) is 40.2. The molecule has 1 saturated carbocycles. The first-order valence-electron chi connectivity index (χ1n) is 18.2. The van der Waals surface area contributed by atoms with Gasteiger partial charge in [-0.05, 0) is 93.1 Å². The first-order valence-corrected chi connectivity index (χ1v) is 18.2. The fraction of sp³-hybridized carbons (Fsp3) is 0.575. The van der Waals surface area contributed by atoms with Crippen molar-refractivity contribution in [3.05, 3.63) is 77.5 Å². The van der Waals surface area contributed by atoms with Gasteiger partial charge in [-0.25, -0.2) is 0 Å². The van der Waals surface area contributed by atoms with Crippen LogP contribution in [0.5, 0.6) is 0 Å². The monoisotopic (exact) mass is 616 g/mol. The number of ether oxygens (including phenoxy) is 1. The number of carbonyl (C=O) groups is 1. The molecule has 2 aromatic carbocycles. The summed E-state index contributed by atoms with van der Waals surface area (Å²) in [5, 5.41) is 5.57. The van der Waals surface area contributed by atoms with E-state index in [2.05, 4.69) is 94.2 Å². The maximum Gasteiger partial charge on any atom is 0.316 e. The lowest BCUT2D eigenvalue weighted by Crippen LogP contribution is -2.72. The zero-order valence-electron chi connectivity index (χ0n) is 27.7. The lowest BCUT2D eigenvalue weighted by Gasteiger charge is -2.65. The van der Waals surface area contributed by atoms with Gasteiger partial charge in [0.1, 0.15) is 5.41 Å². The molecular weight excluding hydrogens is 568 g/mol. The minimum Gasteiger partial charge on any atom is -0.468 e. The number of nitrogens with one attached hydrogen (secondary N) is 1. The van der Waals surface area contributed by atoms with Crippen molar-refractivity contribution in [2.75, 3.05) is 38.6 Å². The number of carbonyl (C=O) groups excluding carboxylic acids is 1. The van der Waals surface area contributed by atoms with Crippen molar-refractivity contribution in [2.24, 2.45) is 16.2 Å². The zero-order valence-corrected chi connectivity index (χ0v) is 27.7. The minimum atomic E-state index is -0.750. The van der Waals surface area contributed by atoms with E-state index < -0.39 is 5.41 Å². The summed E-state index contributed by atoms with van der Waals surface area (Å²) in [6.45, 7) is 9.22. The van der Waals surface area contributed by atoms with Crippen LogP contribution in [0.1, 0.15) is 87.7 Å². The van der Waals surface area contributed by atoms with Gasteiger partial charge in [0.2, 0.25) is 0 Å². The van der Waals surface area contributed by atoms with Crippen LogP contribution in [0, 0.1) is 16.2 Å². The summed E-state index contributed by atoms with van der Waals surface area (Å²) in [5.41, 5.74) is 6.16. The quantitative estimate of drug-likeness (QED) is 0.253. The molecule has 8 atom stereocenters. The standard InChI is InChI=1S/C40H48N4O2/c1-4-37-17-10-20-42-22-16-27-26-12-6-9-15-30(26)44(32(27)33(37)42)31(24-37)40(36(45)46-3)25-38(5-2)18-11-21-43-23-19-39(35(38)43)28-13-7-8-14-29(28)41-34(39)40/h6-9,11-15,18,31,33-35,41H,4-5,10,16-17,19-25H2,1-3H3/t31?,33-,34?,35?,37+,38?,39?,40?/m0/s1. The van der Waals surface area contributed by atoms with Gasteiger partial charge in [0.05, 0.1) is 25.2 Å². The molecule has 1 spiro atoms. The summed E-state index contributed by atoms with van der Waals surface area (Å²) in [6, 6.07) is 18.9. The van der Waals surface area contributed by atoms with E-state index in [9.17, 15) is 0 Å². The molecule has 7 heterocycles. The molecule has 1 aromatic heterocycles. The zero-order chi connectivity index (χ0) is 31.1. The predicted octanol–water partition coefficient (Wildman–Crippen LogP) is 7.01. The lowest BCUT2D eigenvalue weighted by molar-refractivity contribution is -0.174. The Morgan fingerprint density at radius 2 is 1.85 bits per heavy atom. The van der Waals surface area contributed by atoms with Crippen LogP contribution in [-0.4, -0.2) is 65.7 Å². The minimum absolute atomic E-state index is 0.000267. The van der Waals surface area contributed by atoms with E-state index in [0.717, 1.165) is 58.2 Å². The number of rotatable bonds is 4. The molecule has 7 aliphatic rings. The van der Waals surface area contributed by atoms with Gasteiger partial charge < -0.3 is 14.6 Å². The number of hydrogen-bond donors (Lipinski definition) is 1. The highest BCUT2D eigenvalue weighted by Crippen LogP contribution is 2.72. The molecule has 6 nitrogen and oxygen atoms in total. The molecule has 2 saturated heterocycles. The Labute approximate surface area is 273 Å². The molecule has 0 amide bonds. The molecule has 3 fully saturated rings. The summed E-state index contributed by atoms with van der Waals surface area (Å²) >= 11 is 0. The molecule has 6 aliphatic heterocycles. The number of hydrogen-bond acceptors (Lipinski definition) is 5. The highest BCUT2D eigenvalue weighted by atomic mass is 16.5. The largest absolute Gasteiger partial charge is 0.468 e. The molecule has 0 bridgehead atoms. The Balaban J connectivity index is 1.31. The molecule has 1 N–H and O–H groups in total. The van der Waals surface area contributed by atoms with E-state index in [1.54, 1.807) is 12.7 Å². The maximum absolute atomic E-state index is 15.3. The van der Waals surface area contributed by atoms with E-state index in [4.69, 9.17) is 4.74 Å². The number of nitrogens with zero attached hydrogens (tertiary/aromatic N) is 3. The van der Waals surface area contributed by atoms with Crippen LogP contribution >= 0.6 is 0 Å². The summed E-state index contributed by atoms with van der Waals surface area (Å²) in [5.74, 6) is -0.00871. The molecule has 46 heavy (non-hydrogen) atoms. The third-order valence-corrected chi connectivity index (χ3v) is 14.8. The number of aromatic nitrogens is 1. The number of para-hydroxylation sites is 2. The number of piperidine rings is 1. The van der Waals surface area contributed by atoms with Crippen LogP contribution in [0.4, 0.5) is 5.69 Å². The summed E-state index contributed by atoms with van der Waals surface area (Å²) in [6.07, 6.45) is 13.6. The van der Waals surface area contributed by atoms with Gasteiger partial charge >= 0.3 is 5.97 Å². The topological polar surface area (TPSA) is 49.7 Å². The van der Waals surface area contributed by atoms with Crippen molar-refractivity contribution >= 4 is 22.6 Å². The van der Waals surface area contributed by atoms with Crippen molar-refractivity contribution in [1.82, 2.24) is 14.4 Å². The molecule has 0 radical (unpaired) electrons. The molecule has 6 heteroatoms. The average Bonchev–Trinajstić information content (AvgIpc) is 3.78. The van der Waals surface area contributed by atoms with Crippen molar-refractivity contribution in [2.45, 2.75) is 94.8 Å². The maximum atomic E-state index is 15.3. The lowest BCUT2D eigenvalue weighted by atomic mass is 9.43. The van der Waals surface area contributed by atoms with E-state index in [-0.39, 0.29) is 34.3 Å². The summed E-state index contributed by atoms with van der Waals surface area (Å²) in [7, 11) is 1.66. The van der Waals surface area contributed by atoms with Crippen molar-refractivity contribution in [1.29, 1.82) is 0 Å². The average molecular weight is 617 g/mol. The summed E-state index contributed by atoms with van der Waals surface area (Å²) in [4.78, 5) is 20.9. The number of methoxy groups -OCH3 is 1. The smallest absolute Gasteiger partial charge is 0.316 e. The van der Waals surface area contributed by atoms with Crippen LogP contribution in [0.2, 0.25) is 0 Å². The van der Waals surface area contributed by atoms with Gasteiger partial charge in [0, 0.05) is 52.2 Å². The second-order valence-electron chi connectivity index (χ2n) is 16.0. The van der Waals surface area contributed by atoms with Gasteiger partial charge in [0.15, 0.2) is 0 Å². The van der Waals surface area contributed by atoms with Gasteiger partial charge in [-0.15, -0.1) is 0 Å². The summed E-state index contributed by atoms with van der Waals surface area (Å²) < 4.78 is 8.91. The third kappa shape index (κ3) is 3.02. The fourth-order valence-corrected chi connectivity index (χ4v) is 13.3. The first kappa shape index (κ1) is 28.0. The molecule has 6 unspecified atom stereocenters.